The minimum absolute atomic E-state index is 0.0498. The fourth-order valence-electron chi connectivity index (χ4n) is 1.41. The summed E-state index contributed by atoms with van der Waals surface area (Å²) in [6.45, 7) is -0.625. The lowest BCUT2D eigenvalue weighted by molar-refractivity contribution is 0.0596. The van der Waals surface area contributed by atoms with Crippen LogP contribution < -0.4 is 0 Å². The van der Waals surface area contributed by atoms with E-state index in [4.69, 9.17) is 10.4 Å². The van der Waals surface area contributed by atoms with Gasteiger partial charge in [0.15, 0.2) is 0 Å². The van der Waals surface area contributed by atoms with Crippen LogP contribution in [0.4, 0.5) is 8.78 Å². The third-order valence-corrected chi connectivity index (χ3v) is 2.17. The fourth-order valence-corrected chi connectivity index (χ4v) is 1.41. The van der Waals surface area contributed by atoms with Crippen molar-refractivity contribution in [3.63, 3.8) is 0 Å². The first-order valence-corrected chi connectivity index (χ1v) is 4.59. The van der Waals surface area contributed by atoms with Gasteiger partial charge in [0.05, 0.1) is 24.8 Å². The van der Waals surface area contributed by atoms with Gasteiger partial charge in [-0.1, -0.05) is 0 Å². The summed E-state index contributed by atoms with van der Waals surface area (Å²) in [4.78, 5) is 11.4. The van der Waals surface area contributed by atoms with E-state index in [1.807, 2.05) is 0 Å². The first-order chi connectivity index (χ1) is 8.04. The zero-order chi connectivity index (χ0) is 13.0. The van der Waals surface area contributed by atoms with Crippen LogP contribution in [0.3, 0.4) is 0 Å². The Hall–Kier alpha value is -2.00. The number of benzene rings is 1. The number of esters is 1. The highest BCUT2D eigenvalue weighted by Crippen LogP contribution is 2.25. The van der Waals surface area contributed by atoms with E-state index in [1.165, 1.54) is 0 Å². The Morgan fingerprint density at radius 3 is 2.65 bits per heavy atom. The van der Waals surface area contributed by atoms with Crippen molar-refractivity contribution in [3.8, 4) is 6.07 Å². The summed E-state index contributed by atoms with van der Waals surface area (Å²) in [5.74, 6) is -0.841. The molecule has 0 spiro atoms. The van der Waals surface area contributed by atoms with Crippen molar-refractivity contribution in [1.82, 2.24) is 0 Å². The van der Waals surface area contributed by atoms with Crippen LogP contribution in [0.25, 0.3) is 0 Å². The van der Waals surface area contributed by atoms with Crippen LogP contribution in [0.1, 0.15) is 33.5 Å². The lowest BCUT2D eigenvalue weighted by atomic mass is 9.98. The molecule has 1 N–H and O–H groups in total. The standard InChI is InChI=1S/C11H9F2NO3/c1-17-11(16)9-7(4-14)2-6(10(12)13)3-8(9)5-15/h2-3,10,15H,5H2,1H3. The van der Waals surface area contributed by atoms with Gasteiger partial charge in [0.2, 0.25) is 0 Å². The number of alkyl halides is 2. The number of methoxy groups -OCH3 is 1. The molecule has 90 valence electrons. The van der Waals surface area contributed by atoms with Crippen molar-refractivity contribution in [1.29, 1.82) is 5.26 Å². The smallest absolute Gasteiger partial charge is 0.339 e. The second kappa shape index (κ2) is 5.37. The number of halogens is 2. The number of hydrogen-bond donors (Lipinski definition) is 1. The Morgan fingerprint density at radius 1 is 1.59 bits per heavy atom. The molecule has 0 aliphatic heterocycles. The van der Waals surface area contributed by atoms with Crippen molar-refractivity contribution in [2.75, 3.05) is 7.11 Å². The molecule has 1 aromatic rings. The van der Waals surface area contributed by atoms with Crippen molar-refractivity contribution in [2.45, 2.75) is 13.0 Å². The SMILES string of the molecule is COC(=O)c1c(C#N)cc(C(F)F)cc1CO. The summed E-state index contributed by atoms with van der Waals surface area (Å²) in [6.07, 6.45) is -2.78. The molecule has 17 heavy (non-hydrogen) atoms. The lowest BCUT2D eigenvalue weighted by Gasteiger charge is -2.10. The first-order valence-electron chi connectivity index (χ1n) is 4.59. The van der Waals surface area contributed by atoms with Gasteiger partial charge in [-0.25, -0.2) is 13.6 Å². The van der Waals surface area contributed by atoms with Crippen molar-refractivity contribution in [2.24, 2.45) is 0 Å². The third kappa shape index (κ3) is 2.57. The second-order valence-corrected chi connectivity index (χ2v) is 3.16. The molecular weight excluding hydrogens is 232 g/mol. The van der Waals surface area contributed by atoms with Gasteiger partial charge in [0.25, 0.3) is 6.43 Å². The van der Waals surface area contributed by atoms with Gasteiger partial charge in [-0.15, -0.1) is 0 Å². The van der Waals surface area contributed by atoms with E-state index in [2.05, 4.69) is 4.74 Å². The molecule has 1 rings (SSSR count). The quantitative estimate of drug-likeness (QED) is 0.819. The Balaban J connectivity index is 3.48. The molecule has 0 aliphatic rings. The Kier molecular flexibility index (Phi) is 4.12. The van der Waals surface area contributed by atoms with E-state index in [1.54, 1.807) is 6.07 Å². The Morgan fingerprint density at radius 2 is 2.24 bits per heavy atom. The number of aliphatic hydroxyl groups is 1. The second-order valence-electron chi connectivity index (χ2n) is 3.16. The average Bonchev–Trinajstić information content (AvgIpc) is 2.35. The van der Waals surface area contributed by atoms with Crippen LogP contribution in [-0.4, -0.2) is 18.2 Å². The van der Waals surface area contributed by atoms with Crippen LogP contribution in [0.5, 0.6) is 0 Å². The maximum Gasteiger partial charge on any atom is 0.339 e. The van der Waals surface area contributed by atoms with Crippen LogP contribution in [0.2, 0.25) is 0 Å². The summed E-state index contributed by atoms with van der Waals surface area (Å²) in [5, 5.41) is 17.8. The van der Waals surface area contributed by atoms with Crippen molar-refractivity contribution in [3.05, 3.63) is 34.4 Å². The van der Waals surface area contributed by atoms with E-state index in [9.17, 15) is 13.6 Å². The normalized spacial score (nSPS) is 10.1. The molecule has 0 aliphatic carbocycles. The monoisotopic (exact) mass is 241 g/mol. The molecule has 0 aromatic heterocycles. The summed E-state index contributed by atoms with van der Waals surface area (Å²) < 4.78 is 29.4. The van der Waals surface area contributed by atoms with E-state index in [0.29, 0.717) is 0 Å². The van der Waals surface area contributed by atoms with Crippen LogP contribution in [-0.2, 0) is 11.3 Å². The topological polar surface area (TPSA) is 70.3 Å². The van der Waals surface area contributed by atoms with Crippen molar-refractivity contribution >= 4 is 5.97 Å². The van der Waals surface area contributed by atoms with E-state index in [-0.39, 0.29) is 16.7 Å². The molecular formula is C11H9F2NO3. The molecule has 0 heterocycles. The number of rotatable bonds is 3. The van der Waals surface area contributed by atoms with Crippen LogP contribution in [0.15, 0.2) is 12.1 Å². The van der Waals surface area contributed by atoms with Crippen molar-refractivity contribution < 1.29 is 23.4 Å². The highest BCUT2D eigenvalue weighted by molar-refractivity contribution is 5.94. The van der Waals surface area contributed by atoms with Crippen LogP contribution >= 0.6 is 0 Å². The minimum Gasteiger partial charge on any atom is -0.465 e. The predicted molar refractivity (Wildman–Crippen MR) is 53.4 cm³/mol. The summed E-state index contributed by atoms with van der Waals surface area (Å²) in [5.41, 5.74) is -0.884. The number of nitriles is 1. The number of nitrogens with zero attached hydrogens (tertiary/aromatic N) is 1. The molecule has 0 fully saturated rings. The Bertz CT molecular complexity index is 480. The maximum absolute atomic E-state index is 12.5. The molecule has 0 saturated heterocycles. The number of carbonyl (C=O) groups is 1. The zero-order valence-corrected chi connectivity index (χ0v) is 8.91. The van der Waals surface area contributed by atoms with Gasteiger partial charge in [-0.05, 0) is 17.7 Å². The molecule has 0 bridgehead atoms. The van der Waals surface area contributed by atoms with Gasteiger partial charge in [0.1, 0.15) is 6.07 Å². The van der Waals surface area contributed by atoms with Crippen LogP contribution in [0, 0.1) is 11.3 Å². The third-order valence-electron chi connectivity index (χ3n) is 2.17. The highest BCUT2D eigenvalue weighted by Gasteiger charge is 2.20. The van der Waals surface area contributed by atoms with Gasteiger partial charge in [0, 0.05) is 5.56 Å². The maximum atomic E-state index is 12.5. The van der Waals surface area contributed by atoms with Gasteiger partial charge >= 0.3 is 5.97 Å². The number of aliphatic hydroxyl groups excluding tert-OH is 1. The van der Waals surface area contributed by atoms with E-state index in [0.717, 1.165) is 19.2 Å². The molecule has 0 saturated carbocycles. The Labute approximate surface area is 96.0 Å². The molecule has 0 radical (unpaired) electrons. The molecule has 6 heteroatoms. The number of ether oxygens (including phenoxy) is 1. The summed E-state index contributed by atoms with van der Waals surface area (Å²) >= 11 is 0. The van der Waals surface area contributed by atoms with Gasteiger partial charge < -0.3 is 9.84 Å². The van der Waals surface area contributed by atoms with Gasteiger partial charge in [-0.2, -0.15) is 5.26 Å². The largest absolute Gasteiger partial charge is 0.465 e. The molecule has 0 atom stereocenters. The number of hydrogen-bond acceptors (Lipinski definition) is 4. The lowest BCUT2D eigenvalue weighted by Crippen LogP contribution is -2.10. The first kappa shape index (κ1) is 13.1. The molecule has 1 aromatic carbocycles. The molecule has 0 unspecified atom stereocenters. The number of carbonyl (C=O) groups excluding carboxylic acids is 1. The summed E-state index contributed by atoms with van der Waals surface area (Å²) in [6, 6.07) is 3.53. The van der Waals surface area contributed by atoms with E-state index >= 15 is 0 Å². The highest BCUT2D eigenvalue weighted by atomic mass is 19.3. The molecule has 4 nitrogen and oxygen atoms in total. The van der Waals surface area contributed by atoms with Gasteiger partial charge in [-0.3, -0.25) is 0 Å². The minimum atomic E-state index is -2.78. The fraction of sp³-hybridized carbons (Fsp3) is 0.273. The summed E-state index contributed by atoms with van der Waals surface area (Å²) in [7, 11) is 1.10. The average molecular weight is 241 g/mol. The predicted octanol–water partition coefficient (Wildman–Crippen LogP) is 1.77. The zero-order valence-electron chi connectivity index (χ0n) is 8.91. The van der Waals surface area contributed by atoms with E-state index < -0.39 is 24.6 Å². The molecule has 0 amide bonds.